The van der Waals surface area contributed by atoms with E-state index in [-0.39, 0.29) is 11.9 Å². The quantitative estimate of drug-likeness (QED) is 0.766. The lowest BCUT2D eigenvalue weighted by atomic mass is 9.84. The second kappa shape index (κ2) is 7.27. The number of benzene rings is 1. The Morgan fingerprint density at radius 1 is 1.30 bits per heavy atom. The van der Waals surface area contributed by atoms with Gasteiger partial charge in [0.1, 0.15) is 11.4 Å². The van der Waals surface area contributed by atoms with E-state index >= 15 is 0 Å². The Kier molecular flexibility index (Phi) is 5.13. The molecule has 2 atom stereocenters. The van der Waals surface area contributed by atoms with E-state index in [9.17, 15) is 4.79 Å². The predicted molar refractivity (Wildman–Crippen MR) is 94.0 cm³/mol. The van der Waals surface area contributed by atoms with Crippen LogP contribution in [0.3, 0.4) is 0 Å². The Morgan fingerprint density at radius 2 is 2.04 bits per heavy atom. The smallest absolute Gasteiger partial charge is 0.270 e. The van der Waals surface area contributed by atoms with Crippen molar-refractivity contribution in [1.82, 2.24) is 15.5 Å². The molecule has 3 rings (SSSR count). The maximum absolute atomic E-state index is 12.6. The molecule has 0 bridgehead atoms. The maximum Gasteiger partial charge on any atom is 0.270 e. The molecule has 0 aliphatic heterocycles. The molecule has 1 aliphatic carbocycles. The van der Waals surface area contributed by atoms with Crippen molar-refractivity contribution < 1.29 is 4.79 Å². The molecule has 2 aromatic rings. The molecule has 1 aliphatic rings. The lowest BCUT2D eigenvalue weighted by molar-refractivity contribution is 0.0902. The van der Waals surface area contributed by atoms with E-state index in [1.165, 1.54) is 6.42 Å². The summed E-state index contributed by atoms with van der Waals surface area (Å²) in [4.78, 5) is 12.6. The van der Waals surface area contributed by atoms with E-state index in [2.05, 4.69) is 31.4 Å². The molecule has 1 saturated carbocycles. The Morgan fingerprint density at radius 3 is 2.78 bits per heavy atom. The van der Waals surface area contributed by atoms with Crippen molar-refractivity contribution in [1.29, 1.82) is 0 Å². The van der Waals surface area contributed by atoms with Crippen molar-refractivity contribution in [3.8, 4) is 11.3 Å². The molecule has 1 amide bonds. The van der Waals surface area contributed by atoms with Crippen LogP contribution in [0.2, 0.25) is 0 Å². The zero-order valence-electron chi connectivity index (χ0n) is 12.9. The van der Waals surface area contributed by atoms with Gasteiger partial charge in [0.15, 0.2) is 0 Å². The second-order valence-electron chi connectivity index (χ2n) is 5.99. The Balaban J connectivity index is 1.77. The molecule has 1 aromatic heterocycles. The molecule has 0 radical (unpaired) electrons. The lowest BCUT2D eigenvalue weighted by Crippen LogP contribution is -2.44. The van der Waals surface area contributed by atoms with Gasteiger partial charge in [-0.1, -0.05) is 43.2 Å². The average Bonchev–Trinajstić information content (AvgIpc) is 2.98. The first-order valence-corrected chi connectivity index (χ1v) is 8.80. The second-order valence-corrected chi connectivity index (χ2v) is 6.78. The summed E-state index contributed by atoms with van der Waals surface area (Å²) in [6.45, 7) is 0.615. The third-order valence-electron chi connectivity index (χ3n) is 4.51. The third kappa shape index (κ3) is 3.48. The Hall–Kier alpha value is -1.66. The van der Waals surface area contributed by atoms with Gasteiger partial charge in [0.25, 0.3) is 5.91 Å². The number of hydrogen-bond donors (Lipinski definition) is 3. The number of carbonyl (C=O) groups is 1. The number of aromatic amines is 1. The number of rotatable bonds is 4. The van der Waals surface area contributed by atoms with Crippen LogP contribution in [0.25, 0.3) is 11.3 Å². The molecule has 4 N–H and O–H groups in total. The standard InChI is InChI=1S/C17H21BrN4O/c18-14-15(11-6-2-1-3-7-11)21-22-16(14)17(23)20-13-9-5-4-8-12(13)10-19/h1-3,6-7,12-13H,4-5,8-10,19H2,(H,20,23)(H,21,22). The molecular formula is C17H21BrN4O. The fourth-order valence-electron chi connectivity index (χ4n) is 3.19. The molecule has 6 heteroatoms. The van der Waals surface area contributed by atoms with Gasteiger partial charge in [-0.15, -0.1) is 0 Å². The number of nitrogens with one attached hydrogen (secondary N) is 2. The van der Waals surface area contributed by atoms with Gasteiger partial charge in [-0.2, -0.15) is 5.10 Å². The highest BCUT2D eigenvalue weighted by Gasteiger charge is 2.27. The van der Waals surface area contributed by atoms with E-state index in [4.69, 9.17) is 5.73 Å². The van der Waals surface area contributed by atoms with Gasteiger partial charge in [0.2, 0.25) is 0 Å². The zero-order chi connectivity index (χ0) is 16.2. The van der Waals surface area contributed by atoms with Gasteiger partial charge in [-0.3, -0.25) is 9.89 Å². The van der Waals surface area contributed by atoms with Gasteiger partial charge in [0, 0.05) is 11.6 Å². The van der Waals surface area contributed by atoms with Crippen LogP contribution in [-0.4, -0.2) is 28.7 Å². The van der Waals surface area contributed by atoms with Crippen molar-refractivity contribution in [2.75, 3.05) is 6.54 Å². The molecule has 5 nitrogen and oxygen atoms in total. The summed E-state index contributed by atoms with van der Waals surface area (Å²) in [5.41, 5.74) is 8.01. The third-order valence-corrected chi connectivity index (χ3v) is 5.28. The molecule has 122 valence electrons. The first-order chi connectivity index (χ1) is 11.2. The average molecular weight is 377 g/mol. The highest BCUT2D eigenvalue weighted by Crippen LogP contribution is 2.29. The summed E-state index contributed by atoms with van der Waals surface area (Å²) in [5.74, 6) is 0.236. The molecule has 0 spiro atoms. The Labute approximate surface area is 144 Å². The van der Waals surface area contributed by atoms with Crippen LogP contribution in [-0.2, 0) is 0 Å². The fraction of sp³-hybridized carbons (Fsp3) is 0.412. The number of amides is 1. The van der Waals surface area contributed by atoms with Gasteiger partial charge in [-0.25, -0.2) is 0 Å². The zero-order valence-corrected chi connectivity index (χ0v) is 14.5. The minimum Gasteiger partial charge on any atom is -0.348 e. The number of aromatic nitrogens is 2. The monoisotopic (exact) mass is 376 g/mol. The first kappa shape index (κ1) is 16.2. The van der Waals surface area contributed by atoms with Gasteiger partial charge in [-0.05, 0) is 41.2 Å². The summed E-state index contributed by atoms with van der Waals surface area (Å²) in [6, 6.07) is 9.93. The van der Waals surface area contributed by atoms with Crippen LogP contribution in [0.15, 0.2) is 34.8 Å². The van der Waals surface area contributed by atoms with Crippen molar-refractivity contribution in [2.24, 2.45) is 11.7 Å². The van der Waals surface area contributed by atoms with Crippen LogP contribution in [0, 0.1) is 5.92 Å². The van der Waals surface area contributed by atoms with E-state index in [0.29, 0.717) is 22.6 Å². The molecule has 1 heterocycles. The van der Waals surface area contributed by atoms with Gasteiger partial charge >= 0.3 is 0 Å². The van der Waals surface area contributed by atoms with Crippen LogP contribution in [0.1, 0.15) is 36.2 Å². The number of hydrogen-bond acceptors (Lipinski definition) is 3. The SMILES string of the molecule is NCC1CCCCC1NC(=O)c1[nH]nc(-c2ccccc2)c1Br. The van der Waals surface area contributed by atoms with Crippen LogP contribution < -0.4 is 11.1 Å². The topological polar surface area (TPSA) is 83.8 Å². The minimum absolute atomic E-state index is 0.128. The van der Waals surface area contributed by atoms with E-state index in [1.807, 2.05) is 30.3 Å². The van der Waals surface area contributed by atoms with Crippen molar-refractivity contribution in [2.45, 2.75) is 31.7 Å². The molecule has 2 unspecified atom stereocenters. The Bertz CT molecular complexity index is 670. The minimum atomic E-state index is -0.128. The summed E-state index contributed by atoms with van der Waals surface area (Å²) in [5, 5.41) is 10.3. The molecular weight excluding hydrogens is 356 g/mol. The van der Waals surface area contributed by atoms with Crippen molar-refractivity contribution >= 4 is 21.8 Å². The summed E-state index contributed by atoms with van der Waals surface area (Å²) in [6.07, 6.45) is 4.41. The fourth-order valence-corrected chi connectivity index (χ4v) is 3.77. The summed E-state index contributed by atoms with van der Waals surface area (Å²) >= 11 is 3.51. The summed E-state index contributed by atoms with van der Waals surface area (Å²) < 4.78 is 0.696. The first-order valence-electron chi connectivity index (χ1n) is 8.01. The number of nitrogens with two attached hydrogens (primary N) is 1. The van der Waals surface area contributed by atoms with Crippen molar-refractivity contribution in [3.63, 3.8) is 0 Å². The van der Waals surface area contributed by atoms with Crippen LogP contribution >= 0.6 is 15.9 Å². The molecule has 23 heavy (non-hydrogen) atoms. The van der Waals surface area contributed by atoms with E-state index in [1.54, 1.807) is 0 Å². The maximum atomic E-state index is 12.6. The van der Waals surface area contributed by atoms with E-state index < -0.39 is 0 Å². The number of H-pyrrole nitrogens is 1. The molecule has 1 fully saturated rings. The lowest BCUT2D eigenvalue weighted by Gasteiger charge is -2.31. The largest absolute Gasteiger partial charge is 0.348 e. The van der Waals surface area contributed by atoms with Crippen molar-refractivity contribution in [3.05, 3.63) is 40.5 Å². The molecule has 0 saturated heterocycles. The number of carbonyl (C=O) groups excluding carboxylic acids is 1. The highest BCUT2D eigenvalue weighted by atomic mass is 79.9. The van der Waals surface area contributed by atoms with Crippen LogP contribution in [0.4, 0.5) is 0 Å². The number of nitrogens with zero attached hydrogens (tertiary/aromatic N) is 1. The van der Waals surface area contributed by atoms with E-state index in [0.717, 1.165) is 30.5 Å². The van der Waals surface area contributed by atoms with Gasteiger partial charge < -0.3 is 11.1 Å². The summed E-state index contributed by atoms with van der Waals surface area (Å²) in [7, 11) is 0. The van der Waals surface area contributed by atoms with Crippen LogP contribution in [0.5, 0.6) is 0 Å². The van der Waals surface area contributed by atoms with Gasteiger partial charge in [0.05, 0.1) is 4.47 Å². The normalized spacial score (nSPS) is 21.1. The molecule has 1 aromatic carbocycles. The number of halogens is 1. The highest BCUT2D eigenvalue weighted by molar-refractivity contribution is 9.10. The predicted octanol–water partition coefficient (Wildman–Crippen LogP) is 3.09.